The van der Waals surface area contributed by atoms with Crippen LogP contribution in [0.2, 0.25) is 0 Å². The summed E-state index contributed by atoms with van der Waals surface area (Å²) in [6, 6.07) is 14.5. The molecule has 1 heterocycles. The Morgan fingerprint density at radius 3 is 2.42 bits per heavy atom. The minimum Gasteiger partial charge on any atom is -0.481 e. The van der Waals surface area contributed by atoms with E-state index in [4.69, 9.17) is 10.8 Å². The predicted molar refractivity (Wildman–Crippen MR) is 115 cm³/mol. The first-order valence-corrected chi connectivity index (χ1v) is 9.74. The zero-order valence-corrected chi connectivity index (χ0v) is 17.0. The summed E-state index contributed by atoms with van der Waals surface area (Å²) in [5, 5.41) is 16.8. The Labute approximate surface area is 180 Å². The van der Waals surface area contributed by atoms with Crippen LogP contribution in [0.15, 0.2) is 53.5 Å². The first-order valence-electron chi connectivity index (χ1n) is 9.74. The molecule has 10 nitrogen and oxygen atoms in total. The van der Waals surface area contributed by atoms with E-state index < -0.39 is 11.9 Å². The van der Waals surface area contributed by atoms with Crippen LogP contribution in [0.3, 0.4) is 0 Å². The standard InChI is InChI=1S/C21H26N6O4/c22-21(24-11-9-18(28)25-13-15-5-2-1-3-6-15)26-14-16-7-4-8-17(27-16)20(31)23-12-10-19(29)30/h1-8H,9-14H2,(H,23,31)(H,25,28)(H,29,30)(H3,22,24,26). The molecule has 10 heteroatoms. The Bertz CT molecular complexity index is 917. The van der Waals surface area contributed by atoms with Gasteiger partial charge in [-0.3, -0.25) is 14.4 Å². The molecule has 31 heavy (non-hydrogen) atoms. The fraction of sp³-hybridized carbons (Fsp3) is 0.286. The minimum atomic E-state index is -0.993. The molecule has 6 N–H and O–H groups in total. The molecule has 0 aliphatic carbocycles. The number of guanidine groups is 1. The number of amides is 2. The third-order valence-electron chi connectivity index (χ3n) is 4.07. The van der Waals surface area contributed by atoms with E-state index in [1.807, 2.05) is 30.3 Å². The van der Waals surface area contributed by atoms with Gasteiger partial charge in [0, 0.05) is 26.1 Å². The number of pyridine rings is 1. The van der Waals surface area contributed by atoms with E-state index in [0.717, 1.165) is 5.56 Å². The molecule has 2 aromatic rings. The van der Waals surface area contributed by atoms with Gasteiger partial charge in [0.25, 0.3) is 5.91 Å². The second kappa shape index (κ2) is 12.6. The van der Waals surface area contributed by atoms with Gasteiger partial charge in [0.15, 0.2) is 5.96 Å². The normalized spacial score (nSPS) is 10.9. The third kappa shape index (κ3) is 9.39. The Balaban J connectivity index is 1.72. The lowest BCUT2D eigenvalue weighted by atomic mass is 10.2. The largest absolute Gasteiger partial charge is 0.481 e. The van der Waals surface area contributed by atoms with Crippen LogP contribution in [-0.4, -0.2) is 46.9 Å². The molecule has 2 amide bonds. The Hall–Kier alpha value is -3.95. The smallest absolute Gasteiger partial charge is 0.305 e. The minimum absolute atomic E-state index is 0.0218. The number of nitrogens with zero attached hydrogens (tertiary/aromatic N) is 2. The van der Waals surface area contributed by atoms with Crippen LogP contribution in [0.25, 0.3) is 0 Å². The van der Waals surface area contributed by atoms with Crippen LogP contribution in [0.4, 0.5) is 0 Å². The number of aliphatic imine (C=N–C) groups is 1. The van der Waals surface area contributed by atoms with E-state index in [1.165, 1.54) is 6.07 Å². The van der Waals surface area contributed by atoms with Crippen molar-refractivity contribution in [3.8, 4) is 0 Å². The van der Waals surface area contributed by atoms with Crippen molar-refractivity contribution in [1.82, 2.24) is 20.9 Å². The fourth-order valence-corrected chi connectivity index (χ4v) is 2.48. The molecule has 2 rings (SSSR count). The highest BCUT2D eigenvalue weighted by molar-refractivity contribution is 5.92. The lowest BCUT2D eigenvalue weighted by Crippen LogP contribution is -2.35. The molecule has 0 saturated carbocycles. The van der Waals surface area contributed by atoms with Gasteiger partial charge >= 0.3 is 5.97 Å². The molecule has 1 aromatic heterocycles. The third-order valence-corrected chi connectivity index (χ3v) is 4.07. The number of carboxylic acids is 1. The highest BCUT2D eigenvalue weighted by Crippen LogP contribution is 2.01. The van der Waals surface area contributed by atoms with Gasteiger partial charge in [0.1, 0.15) is 5.69 Å². The van der Waals surface area contributed by atoms with Crippen LogP contribution < -0.4 is 21.7 Å². The predicted octanol–water partition coefficient (Wildman–Crippen LogP) is 0.397. The SMILES string of the molecule is NC(=NCc1cccc(C(=O)NCCC(=O)O)n1)NCCC(=O)NCc1ccccc1. The zero-order valence-electron chi connectivity index (χ0n) is 17.0. The number of benzene rings is 1. The summed E-state index contributed by atoms with van der Waals surface area (Å²) < 4.78 is 0. The van der Waals surface area contributed by atoms with Crippen molar-refractivity contribution in [2.45, 2.75) is 25.9 Å². The second-order valence-corrected chi connectivity index (χ2v) is 6.55. The average molecular weight is 426 g/mol. The van der Waals surface area contributed by atoms with Crippen molar-refractivity contribution in [2.24, 2.45) is 10.7 Å². The summed E-state index contributed by atoms with van der Waals surface area (Å²) >= 11 is 0. The van der Waals surface area contributed by atoms with Crippen molar-refractivity contribution >= 4 is 23.7 Å². The van der Waals surface area contributed by atoms with Gasteiger partial charge in [-0.1, -0.05) is 36.4 Å². The molecule has 0 fully saturated rings. The van der Waals surface area contributed by atoms with E-state index in [9.17, 15) is 14.4 Å². The first kappa shape index (κ1) is 23.3. The number of aromatic nitrogens is 1. The Morgan fingerprint density at radius 2 is 1.68 bits per heavy atom. The number of carbonyl (C=O) groups excluding carboxylic acids is 2. The zero-order chi connectivity index (χ0) is 22.5. The highest BCUT2D eigenvalue weighted by Gasteiger charge is 2.08. The fourth-order valence-electron chi connectivity index (χ4n) is 2.48. The number of aliphatic carboxylic acids is 1. The van der Waals surface area contributed by atoms with Crippen molar-refractivity contribution in [3.05, 3.63) is 65.5 Å². The van der Waals surface area contributed by atoms with Gasteiger partial charge in [-0.15, -0.1) is 0 Å². The van der Waals surface area contributed by atoms with Crippen LogP contribution in [0, 0.1) is 0 Å². The number of hydrogen-bond acceptors (Lipinski definition) is 5. The van der Waals surface area contributed by atoms with Gasteiger partial charge in [0.05, 0.1) is 18.7 Å². The van der Waals surface area contributed by atoms with Crippen molar-refractivity contribution in [3.63, 3.8) is 0 Å². The van der Waals surface area contributed by atoms with Gasteiger partial charge < -0.3 is 26.8 Å². The molecule has 0 aliphatic rings. The number of carboxylic acid groups (broad SMARTS) is 1. The van der Waals surface area contributed by atoms with Gasteiger partial charge in [0.2, 0.25) is 5.91 Å². The quantitative estimate of drug-likeness (QED) is 0.257. The van der Waals surface area contributed by atoms with Gasteiger partial charge in [-0.05, 0) is 17.7 Å². The second-order valence-electron chi connectivity index (χ2n) is 6.55. The van der Waals surface area contributed by atoms with E-state index in [-0.39, 0.29) is 43.5 Å². The summed E-state index contributed by atoms with van der Waals surface area (Å²) in [6.45, 7) is 0.966. The molecule has 1 aromatic carbocycles. The van der Waals surface area contributed by atoms with Crippen LogP contribution in [0.5, 0.6) is 0 Å². The molecule has 164 valence electrons. The van der Waals surface area contributed by atoms with Crippen molar-refractivity contribution in [2.75, 3.05) is 13.1 Å². The van der Waals surface area contributed by atoms with E-state index >= 15 is 0 Å². The summed E-state index contributed by atoms with van der Waals surface area (Å²) in [5.74, 6) is -1.39. The summed E-state index contributed by atoms with van der Waals surface area (Å²) in [5.41, 5.74) is 7.52. The van der Waals surface area contributed by atoms with Crippen molar-refractivity contribution in [1.29, 1.82) is 0 Å². The lowest BCUT2D eigenvalue weighted by Gasteiger charge is -2.07. The maximum Gasteiger partial charge on any atom is 0.305 e. The molecule has 0 spiro atoms. The van der Waals surface area contributed by atoms with E-state index in [1.54, 1.807) is 12.1 Å². The van der Waals surface area contributed by atoms with E-state index in [2.05, 4.69) is 25.9 Å². The number of rotatable bonds is 11. The number of nitrogens with two attached hydrogens (primary N) is 1. The van der Waals surface area contributed by atoms with Gasteiger partial charge in [-0.25, -0.2) is 9.98 Å². The van der Waals surface area contributed by atoms with Crippen LogP contribution in [0.1, 0.15) is 34.6 Å². The number of hydrogen-bond donors (Lipinski definition) is 5. The van der Waals surface area contributed by atoms with Crippen LogP contribution in [-0.2, 0) is 22.7 Å². The first-order chi connectivity index (χ1) is 14.9. The summed E-state index contributed by atoms with van der Waals surface area (Å²) in [4.78, 5) is 42.7. The summed E-state index contributed by atoms with van der Waals surface area (Å²) in [7, 11) is 0. The molecule has 0 bridgehead atoms. The number of carbonyl (C=O) groups is 3. The maximum atomic E-state index is 12.0. The topological polar surface area (TPSA) is 159 Å². The molecule has 0 aliphatic heterocycles. The molecular weight excluding hydrogens is 400 g/mol. The Kier molecular flexibility index (Phi) is 9.47. The molecular formula is C21H26N6O4. The van der Waals surface area contributed by atoms with Crippen molar-refractivity contribution < 1.29 is 19.5 Å². The van der Waals surface area contributed by atoms with Crippen LogP contribution >= 0.6 is 0 Å². The Morgan fingerprint density at radius 1 is 0.935 bits per heavy atom. The molecule has 0 atom stereocenters. The number of nitrogens with one attached hydrogen (secondary N) is 3. The molecule has 0 saturated heterocycles. The lowest BCUT2D eigenvalue weighted by molar-refractivity contribution is -0.136. The van der Waals surface area contributed by atoms with E-state index in [0.29, 0.717) is 18.8 Å². The van der Waals surface area contributed by atoms with Gasteiger partial charge in [-0.2, -0.15) is 0 Å². The molecule has 0 unspecified atom stereocenters. The monoisotopic (exact) mass is 426 g/mol. The summed E-state index contributed by atoms with van der Waals surface area (Å²) in [6.07, 6.45) is 0.0789. The molecule has 0 radical (unpaired) electrons. The highest BCUT2D eigenvalue weighted by atomic mass is 16.4. The average Bonchev–Trinajstić information content (AvgIpc) is 2.77. The maximum absolute atomic E-state index is 12.0.